The zero-order valence-electron chi connectivity index (χ0n) is 16.9. The molecule has 7 heteroatoms. The van der Waals surface area contributed by atoms with Crippen LogP contribution in [0.2, 0.25) is 0 Å². The summed E-state index contributed by atoms with van der Waals surface area (Å²) in [7, 11) is 1.60. The van der Waals surface area contributed by atoms with E-state index in [1.807, 2.05) is 55.6 Å². The van der Waals surface area contributed by atoms with Crippen LogP contribution in [0.3, 0.4) is 0 Å². The number of hydrogen-bond donors (Lipinski definition) is 2. The Morgan fingerprint density at radius 3 is 2.60 bits per heavy atom. The lowest BCUT2D eigenvalue weighted by Crippen LogP contribution is -2.70. The maximum Gasteiger partial charge on any atom is 0.315 e. The fraction of sp³-hybridized carbons (Fsp3) is 0.261. The zero-order chi connectivity index (χ0) is 20.9. The third-order valence-corrected chi connectivity index (χ3v) is 5.98. The first-order chi connectivity index (χ1) is 14.5. The van der Waals surface area contributed by atoms with Crippen molar-refractivity contribution in [3.8, 4) is 17.0 Å². The minimum atomic E-state index is -0.325. The highest BCUT2D eigenvalue weighted by Gasteiger charge is 2.49. The fourth-order valence-corrected chi connectivity index (χ4v) is 4.42. The van der Waals surface area contributed by atoms with Crippen molar-refractivity contribution in [2.75, 3.05) is 26.7 Å². The molecule has 0 radical (unpaired) electrons. The number of nitrogens with one attached hydrogen (secondary N) is 2. The molecule has 2 fully saturated rings. The lowest BCUT2D eigenvalue weighted by atomic mass is 9.89. The highest BCUT2D eigenvalue weighted by molar-refractivity contribution is 6.11. The van der Waals surface area contributed by atoms with Crippen molar-refractivity contribution >= 4 is 22.7 Å². The van der Waals surface area contributed by atoms with Crippen LogP contribution in [-0.2, 0) is 0 Å². The van der Waals surface area contributed by atoms with Crippen molar-refractivity contribution in [1.29, 1.82) is 0 Å². The first-order valence-electron chi connectivity index (χ1n) is 9.88. The number of benzene rings is 2. The Bertz CT molecular complexity index is 1180. The predicted molar refractivity (Wildman–Crippen MR) is 114 cm³/mol. The molecule has 0 atom stereocenters. The van der Waals surface area contributed by atoms with E-state index in [1.54, 1.807) is 12.0 Å². The molecule has 2 aromatic carbocycles. The van der Waals surface area contributed by atoms with E-state index in [0.29, 0.717) is 31.1 Å². The van der Waals surface area contributed by atoms with Crippen molar-refractivity contribution in [3.63, 3.8) is 0 Å². The minimum absolute atomic E-state index is 0.0194. The topological polar surface area (TPSA) is 83.6 Å². The summed E-state index contributed by atoms with van der Waals surface area (Å²) in [5.41, 5.74) is 3.44. The lowest BCUT2D eigenvalue weighted by Gasteiger charge is -2.47. The summed E-state index contributed by atoms with van der Waals surface area (Å²) >= 11 is 0. The van der Waals surface area contributed by atoms with Gasteiger partial charge in [0.15, 0.2) is 0 Å². The molecule has 152 valence electrons. The Labute approximate surface area is 174 Å². The Morgan fingerprint density at radius 2 is 1.90 bits per heavy atom. The van der Waals surface area contributed by atoms with Crippen molar-refractivity contribution in [2.45, 2.75) is 12.5 Å². The Kier molecular flexibility index (Phi) is 4.13. The van der Waals surface area contributed by atoms with Crippen LogP contribution >= 0.6 is 0 Å². The van der Waals surface area contributed by atoms with Gasteiger partial charge in [0.1, 0.15) is 0 Å². The third-order valence-electron chi connectivity index (χ3n) is 5.98. The van der Waals surface area contributed by atoms with E-state index in [-0.39, 0.29) is 17.5 Å². The van der Waals surface area contributed by atoms with Gasteiger partial charge in [-0.05, 0) is 34.9 Å². The third kappa shape index (κ3) is 2.85. The van der Waals surface area contributed by atoms with E-state index in [1.165, 1.54) is 0 Å². The monoisotopic (exact) mass is 402 g/mol. The molecular formula is C23H22N4O3. The average Bonchev–Trinajstić information content (AvgIpc) is 3.13. The number of methoxy groups -OCH3 is 1. The molecule has 0 bridgehead atoms. The van der Waals surface area contributed by atoms with Crippen LogP contribution in [0, 0.1) is 6.92 Å². The molecule has 2 aliphatic rings. The largest absolute Gasteiger partial charge is 0.481 e. The number of amides is 3. The quantitative estimate of drug-likeness (QED) is 0.706. The number of fused-ring (bicyclic) bond motifs is 1. The number of hydrogen-bond acceptors (Lipinski definition) is 4. The first kappa shape index (κ1) is 18.4. The summed E-state index contributed by atoms with van der Waals surface area (Å²) in [5.74, 6) is 0.557. The van der Waals surface area contributed by atoms with Gasteiger partial charge in [-0.2, -0.15) is 0 Å². The molecule has 3 heterocycles. The summed E-state index contributed by atoms with van der Waals surface area (Å²) in [5, 5.41) is 7.61. The van der Waals surface area contributed by atoms with Gasteiger partial charge in [0.2, 0.25) is 5.88 Å². The number of pyridine rings is 1. The summed E-state index contributed by atoms with van der Waals surface area (Å²) in [6.45, 7) is 3.61. The van der Waals surface area contributed by atoms with Crippen molar-refractivity contribution < 1.29 is 14.3 Å². The van der Waals surface area contributed by atoms with Crippen LogP contribution in [-0.4, -0.2) is 54.1 Å². The highest BCUT2D eigenvalue weighted by atomic mass is 16.5. The van der Waals surface area contributed by atoms with Crippen LogP contribution in [0.5, 0.6) is 5.88 Å². The normalized spacial score (nSPS) is 16.9. The molecular weight excluding hydrogens is 380 g/mol. The number of urea groups is 1. The van der Waals surface area contributed by atoms with Crippen LogP contribution in [0.15, 0.2) is 48.7 Å². The van der Waals surface area contributed by atoms with Crippen molar-refractivity contribution in [1.82, 2.24) is 20.5 Å². The second kappa shape index (κ2) is 6.73. The summed E-state index contributed by atoms with van der Waals surface area (Å²) < 4.78 is 5.22. The molecule has 0 saturated carbocycles. The van der Waals surface area contributed by atoms with Gasteiger partial charge in [-0.3, -0.25) is 4.79 Å². The molecule has 30 heavy (non-hydrogen) atoms. The average molecular weight is 402 g/mol. The Balaban J connectivity index is 1.50. The van der Waals surface area contributed by atoms with E-state index in [0.717, 1.165) is 27.5 Å². The first-order valence-corrected chi connectivity index (χ1v) is 9.88. The zero-order valence-corrected chi connectivity index (χ0v) is 16.9. The number of carbonyl (C=O) groups is 2. The smallest absolute Gasteiger partial charge is 0.315 e. The van der Waals surface area contributed by atoms with Crippen LogP contribution in [0.25, 0.3) is 21.9 Å². The van der Waals surface area contributed by atoms with Gasteiger partial charge in [0.25, 0.3) is 5.91 Å². The molecule has 1 spiro atoms. The number of carbonyl (C=O) groups excluding carboxylic acids is 2. The van der Waals surface area contributed by atoms with Crippen LogP contribution in [0.4, 0.5) is 4.79 Å². The number of aryl methyl sites for hydroxylation is 1. The van der Waals surface area contributed by atoms with Crippen LogP contribution in [0.1, 0.15) is 15.9 Å². The molecule has 2 aliphatic heterocycles. The summed E-state index contributed by atoms with van der Waals surface area (Å²) in [4.78, 5) is 30.8. The van der Waals surface area contributed by atoms with Crippen molar-refractivity contribution in [2.24, 2.45) is 0 Å². The fourth-order valence-electron chi connectivity index (χ4n) is 4.42. The molecule has 3 amide bonds. The summed E-state index contributed by atoms with van der Waals surface area (Å²) in [6.07, 6.45) is 1.81. The molecule has 1 aromatic heterocycles. The highest BCUT2D eigenvalue weighted by Crippen LogP contribution is 2.34. The van der Waals surface area contributed by atoms with Crippen LogP contribution < -0.4 is 15.4 Å². The lowest BCUT2D eigenvalue weighted by molar-refractivity contribution is 0.0399. The number of rotatable bonds is 3. The van der Waals surface area contributed by atoms with Crippen molar-refractivity contribution in [3.05, 3.63) is 59.8 Å². The number of aromatic nitrogens is 1. The number of nitrogens with zero attached hydrogens (tertiary/aromatic N) is 2. The molecule has 0 aliphatic carbocycles. The van der Waals surface area contributed by atoms with Gasteiger partial charge in [0, 0.05) is 43.0 Å². The molecule has 0 unspecified atom stereocenters. The van der Waals surface area contributed by atoms with Gasteiger partial charge in [-0.15, -0.1) is 0 Å². The second-order valence-electron chi connectivity index (χ2n) is 8.00. The number of ether oxygens (including phenoxy) is 1. The minimum Gasteiger partial charge on any atom is -0.481 e. The molecule has 2 N–H and O–H groups in total. The van der Waals surface area contributed by atoms with E-state index in [9.17, 15) is 9.59 Å². The Hall–Kier alpha value is -3.61. The maximum atomic E-state index is 13.2. The van der Waals surface area contributed by atoms with Gasteiger partial charge in [-0.1, -0.05) is 30.3 Å². The predicted octanol–water partition coefficient (Wildman–Crippen LogP) is 2.73. The second-order valence-corrected chi connectivity index (χ2v) is 8.00. The molecule has 3 aromatic rings. The maximum absolute atomic E-state index is 13.2. The van der Waals surface area contributed by atoms with E-state index in [4.69, 9.17) is 4.74 Å². The Morgan fingerprint density at radius 1 is 1.13 bits per heavy atom. The SMILES string of the molecule is COc1cc(C)c(-c2cccc3c(C(=O)N4CC5(CNC(=O)N5)C4)cccc23)cn1. The molecule has 2 saturated heterocycles. The molecule has 5 rings (SSSR count). The van der Waals surface area contributed by atoms with E-state index in [2.05, 4.69) is 15.6 Å². The van der Waals surface area contributed by atoms with E-state index < -0.39 is 0 Å². The standard InChI is InChI=1S/C23H22N4O3/c1-14-9-20(30-2)24-10-19(14)17-7-3-6-16-15(17)5-4-8-18(16)21(28)27-12-23(13-27)11-25-22(29)26-23/h3-10H,11-13H2,1-2H3,(H2,25,26,29). The molecule has 7 nitrogen and oxygen atoms in total. The van der Waals surface area contributed by atoms with Gasteiger partial charge < -0.3 is 20.3 Å². The summed E-state index contributed by atoms with van der Waals surface area (Å²) in [6, 6.07) is 13.6. The van der Waals surface area contributed by atoms with Gasteiger partial charge >= 0.3 is 6.03 Å². The van der Waals surface area contributed by atoms with Gasteiger partial charge in [0.05, 0.1) is 12.6 Å². The number of likely N-dealkylation sites (tertiary alicyclic amines) is 1. The van der Waals surface area contributed by atoms with Gasteiger partial charge in [-0.25, -0.2) is 9.78 Å². The van der Waals surface area contributed by atoms with E-state index >= 15 is 0 Å².